The molecule has 1 atom stereocenters. The maximum absolute atomic E-state index is 9.40. The minimum absolute atomic E-state index is 0.242. The van der Waals surface area contributed by atoms with Gasteiger partial charge in [0.15, 0.2) is 0 Å². The van der Waals surface area contributed by atoms with Gasteiger partial charge in [0.25, 0.3) is 0 Å². The van der Waals surface area contributed by atoms with Crippen molar-refractivity contribution in [3.05, 3.63) is 53.9 Å². The van der Waals surface area contributed by atoms with Gasteiger partial charge in [0.2, 0.25) is 0 Å². The molecule has 0 saturated heterocycles. The second-order valence-corrected chi connectivity index (χ2v) is 5.29. The van der Waals surface area contributed by atoms with Gasteiger partial charge in [-0.25, -0.2) is 4.98 Å². The Morgan fingerprint density at radius 2 is 1.91 bits per heavy atom. The van der Waals surface area contributed by atoms with E-state index in [-0.39, 0.29) is 5.92 Å². The molecule has 0 aliphatic rings. The summed E-state index contributed by atoms with van der Waals surface area (Å²) in [6.45, 7) is 3.93. The van der Waals surface area contributed by atoms with E-state index in [1.54, 1.807) is 7.11 Å². The zero-order valence-electron chi connectivity index (χ0n) is 12.9. The zero-order valence-corrected chi connectivity index (χ0v) is 12.9. The van der Waals surface area contributed by atoms with Crippen molar-refractivity contribution in [1.29, 1.82) is 5.26 Å². The molecule has 0 spiro atoms. The smallest absolute Gasteiger partial charge is 0.137 e. The molecule has 3 aromatic rings. The Morgan fingerprint density at radius 1 is 1.18 bits per heavy atom. The molecule has 0 amide bonds. The minimum atomic E-state index is -0.242. The second-order valence-electron chi connectivity index (χ2n) is 5.29. The molecule has 0 N–H and O–H groups in total. The average molecular weight is 291 g/mol. The van der Waals surface area contributed by atoms with Crippen molar-refractivity contribution in [3.63, 3.8) is 0 Å². The number of aromatic nitrogens is 2. The van der Waals surface area contributed by atoms with Gasteiger partial charge in [-0.3, -0.25) is 4.40 Å². The fraction of sp³-hybridized carbons (Fsp3) is 0.222. The van der Waals surface area contributed by atoms with Crippen LogP contribution in [0.2, 0.25) is 0 Å². The van der Waals surface area contributed by atoms with Crippen LogP contribution in [0.1, 0.15) is 24.2 Å². The normalized spacial score (nSPS) is 12.1. The first kappa shape index (κ1) is 14.2. The molecule has 0 aliphatic carbocycles. The Bertz CT molecular complexity index is 856. The third-order valence-electron chi connectivity index (χ3n) is 3.84. The van der Waals surface area contributed by atoms with Crippen LogP contribution >= 0.6 is 0 Å². The highest BCUT2D eigenvalue weighted by molar-refractivity contribution is 5.68. The summed E-state index contributed by atoms with van der Waals surface area (Å²) < 4.78 is 7.27. The lowest BCUT2D eigenvalue weighted by Crippen LogP contribution is -2.01. The highest BCUT2D eigenvalue weighted by atomic mass is 16.5. The third-order valence-corrected chi connectivity index (χ3v) is 3.84. The molecule has 0 fully saturated rings. The Hall–Kier alpha value is -2.80. The predicted molar refractivity (Wildman–Crippen MR) is 85.9 cm³/mol. The topological polar surface area (TPSA) is 50.3 Å². The Kier molecular flexibility index (Phi) is 3.56. The van der Waals surface area contributed by atoms with Crippen molar-refractivity contribution in [2.75, 3.05) is 7.11 Å². The van der Waals surface area contributed by atoms with Gasteiger partial charge in [-0.15, -0.1) is 0 Å². The number of nitrogens with zero attached hydrogens (tertiary/aromatic N) is 3. The van der Waals surface area contributed by atoms with Crippen LogP contribution in [0.5, 0.6) is 5.75 Å². The molecule has 0 saturated carbocycles. The quantitative estimate of drug-likeness (QED) is 0.734. The molecule has 0 bridgehead atoms. The summed E-state index contributed by atoms with van der Waals surface area (Å²) in [6.07, 6.45) is 0. The van der Waals surface area contributed by atoms with E-state index < -0.39 is 0 Å². The number of fused-ring (bicyclic) bond motifs is 1. The minimum Gasteiger partial charge on any atom is -0.497 e. The second kappa shape index (κ2) is 5.53. The number of rotatable bonds is 3. The summed E-state index contributed by atoms with van der Waals surface area (Å²) in [6, 6.07) is 16.1. The van der Waals surface area contributed by atoms with Crippen LogP contribution in [0.25, 0.3) is 16.9 Å². The highest BCUT2D eigenvalue weighted by Gasteiger charge is 2.20. The number of benzene rings is 1. The molecule has 2 aromatic heterocycles. The molecule has 2 heterocycles. The largest absolute Gasteiger partial charge is 0.497 e. The van der Waals surface area contributed by atoms with Crippen LogP contribution in [-0.4, -0.2) is 16.5 Å². The molecule has 0 radical (unpaired) electrons. The van der Waals surface area contributed by atoms with E-state index in [0.29, 0.717) is 0 Å². The van der Waals surface area contributed by atoms with Crippen LogP contribution in [0.3, 0.4) is 0 Å². The Balaban J connectivity index is 2.28. The fourth-order valence-electron chi connectivity index (χ4n) is 2.70. The van der Waals surface area contributed by atoms with E-state index in [0.717, 1.165) is 34.0 Å². The number of nitriles is 1. The molecule has 4 nitrogen and oxygen atoms in total. The molecule has 3 rings (SSSR count). The van der Waals surface area contributed by atoms with E-state index >= 15 is 0 Å². The molecule has 4 heteroatoms. The third kappa shape index (κ3) is 2.21. The fourth-order valence-corrected chi connectivity index (χ4v) is 2.70. The lowest BCUT2D eigenvalue weighted by Gasteiger charge is -2.09. The number of hydrogen-bond donors (Lipinski definition) is 0. The van der Waals surface area contributed by atoms with E-state index in [2.05, 4.69) is 10.5 Å². The van der Waals surface area contributed by atoms with Gasteiger partial charge in [0, 0.05) is 11.3 Å². The summed E-state index contributed by atoms with van der Waals surface area (Å²) in [5.74, 6) is 0.562. The summed E-state index contributed by atoms with van der Waals surface area (Å²) >= 11 is 0. The highest BCUT2D eigenvalue weighted by Crippen LogP contribution is 2.31. The van der Waals surface area contributed by atoms with Crippen molar-refractivity contribution < 1.29 is 4.74 Å². The van der Waals surface area contributed by atoms with Gasteiger partial charge < -0.3 is 4.74 Å². The number of methoxy groups -OCH3 is 1. The van der Waals surface area contributed by atoms with Crippen LogP contribution < -0.4 is 4.74 Å². The number of imidazole rings is 1. The van der Waals surface area contributed by atoms with Crippen LogP contribution in [0, 0.1) is 18.3 Å². The number of ether oxygens (including phenoxy) is 1. The monoisotopic (exact) mass is 291 g/mol. The number of pyridine rings is 1. The molecule has 110 valence electrons. The summed E-state index contributed by atoms with van der Waals surface area (Å²) in [5, 5.41) is 9.40. The molecule has 1 unspecified atom stereocenters. The van der Waals surface area contributed by atoms with Crippen molar-refractivity contribution in [2.24, 2.45) is 0 Å². The first-order chi connectivity index (χ1) is 10.7. The lowest BCUT2D eigenvalue weighted by atomic mass is 10.0. The van der Waals surface area contributed by atoms with Crippen molar-refractivity contribution in [3.8, 4) is 23.1 Å². The summed E-state index contributed by atoms with van der Waals surface area (Å²) in [4.78, 5) is 4.74. The lowest BCUT2D eigenvalue weighted by molar-refractivity contribution is 0.415. The molecule has 22 heavy (non-hydrogen) atoms. The molecular weight excluding hydrogens is 274 g/mol. The first-order valence-electron chi connectivity index (χ1n) is 7.17. The van der Waals surface area contributed by atoms with E-state index in [9.17, 15) is 5.26 Å². The van der Waals surface area contributed by atoms with Gasteiger partial charge in [-0.2, -0.15) is 5.26 Å². The number of aryl methyl sites for hydroxylation is 1. The van der Waals surface area contributed by atoms with E-state index in [1.165, 1.54) is 0 Å². The maximum atomic E-state index is 9.40. The summed E-state index contributed by atoms with van der Waals surface area (Å²) in [7, 11) is 1.65. The van der Waals surface area contributed by atoms with Gasteiger partial charge in [-0.1, -0.05) is 6.07 Å². The van der Waals surface area contributed by atoms with Gasteiger partial charge in [0.1, 0.15) is 11.4 Å². The zero-order chi connectivity index (χ0) is 15.7. The molecule has 0 aliphatic heterocycles. The van der Waals surface area contributed by atoms with Crippen LogP contribution in [0.15, 0.2) is 42.5 Å². The van der Waals surface area contributed by atoms with Gasteiger partial charge >= 0.3 is 0 Å². The maximum Gasteiger partial charge on any atom is 0.137 e. The van der Waals surface area contributed by atoms with E-state index in [4.69, 9.17) is 9.72 Å². The Labute approximate surface area is 129 Å². The van der Waals surface area contributed by atoms with Crippen molar-refractivity contribution >= 4 is 5.65 Å². The van der Waals surface area contributed by atoms with Gasteiger partial charge in [-0.05, 0) is 50.2 Å². The van der Waals surface area contributed by atoms with Gasteiger partial charge in [0.05, 0.1) is 30.5 Å². The van der Waals surface area contributed by atoms with Crippen molar-refractivity contribution in [1.82, 2.24) is 9.38 Å². The standard InChI is InChI=1S/C18H17N3O/c1-12(11-19)18-17(14-7-9-15(22-3)10-8-14)20-16-6-4-5-13(2)21(16)18/h4-10,12H,1-3H3. The van der Waals surface area contributed by atoms with Crippen LogP contribution in [-0.2, 0) is 0 Å². The molecular formula is C18H17N3O. The number of hydrogen-bond acceptors (Lipinski definition) is 3. The Morgan fingerprint density at radius 3 is 2.55 bits per heavy atom. The SMILES string of the molecule is COc1ccc(-c2nc3cccc(C)n3c2C(C)C#N)cc1. The van der Waals surface area contributed by atoms with Crippen LogP contribution in [0.4, 0.5) is 0 Å². The first-order valence-corrected chi connectivity index (χ1v) is 7.17. The van der Waals surface area contributed by atoms with E-state index in [1.807, 2.05) is 56.3 Å². The van der Waals surface area contributed by atoms with Crippen molar-refractivity contribution in [2.45, 2.75) is 19.8 Å². The summed E-state index contributed by atoms with van der Waals surface area (Å²) in [5.41, 5.74) is 4.71. The predicted octanol–water partition coefficient (Wildman–Crippen LogP) is 3.95. The molecule has 1 aromatic carbocycles. The average Bonchev–Trinajstić information content (AvgIpc) is 2.95.